The fraction of sp³-hybridized carbons (Fsp3) is 0.250. The van der Waals surface area contributed by atoms with Gasteiger partial charge >= 0.3 is 0 Å². The summed E-state index contributed by atoms with van der Waals surface area (Å²) in [4.78, 5) is 29.8. The van der Waals surface area contributed by atoms with E-state index in [1.54, 1.807) is 30.3 Å². The maximum absolute atomic E-state index is 14.0. The molecule has 0 radical (unpaired) electrons. The van der Waals surface area contributed by atoms with Crippen LogP contribution in [0.2, 0.25) is 0 Å². The number of rotatable bonds is 4. The van der Waals surface area contributed by atoms with Crippen LogP contribution in [-0.4, -0.2) is 68.0 Å². The second-order valence-electron chi connectivity index (χ2n) is 7.11. The highest BCUT2D eigenvalue weighted by Gasteiger charge is 2.34. The number of carbonyl (C=O) groups is 2. The minimum Gasteiger partial charge on any atom is -0.333 e. The van der Waals surface area contributed by atoms with Gasteiger partial charge in [0.15, 0.2) is 0 Å². The number of piperazine rings is 1. The van der Waals surface area contributed by atoms with Crippen molar-refractivity contribution >= 4 is 33.4 Å². The number of para-hydroxylation sites is 1. The zero-order valence-electron chi connectivity index (χ0n) is 16.7. The van der Waals surface area contributed by atoms with Crippen molar-refractivity contribution in [3.8, 4) is 0 Å². The van der Waals surface area contributed by atoms with Crippen LogP contribution in [0.4, 0.5) is 14.5 Å². The summed E-state index contributed by atoms with van der Waals surface area (Å²) in [5.74, 6) is -2.89. The first-order valence-corrected chi connectivity index (χ1v) is 11.1. The monoisotopic (exact) mass is 463 g/mol. The molecule has 0 bridgehead atoms. The molecule has 2 heterocycles. The van der Waals surface area contributed by atoms with Crippen LogP contribution >= 0.6 is 0 Å². The molecule has 32 heavy (non-hydrogen) atoms. The molecule has 0 unspecified atom stereocenters. The maximum atomic E-state index is 14.0. The van der Waals surface area contributed by atoms with Crippen molar-refractivity contribution < 1.29 is 26.8 Å². The van der Waals surface area contributed by atoms with Gasteiger partial charge in [0.05, 0.1) is 5.69 Å². The molecule has 12 heteroatoms. The molecule has 0 aliphatic carbocycles. The first kappa shape index (κ1) is 21.8. The first-order chi connectivity index (χ1) is 15.3. The highest BCUT2D eigenvalue weighted by atomic mass is 32.2. The van der Waals surface area contributed by atoms with Crippen LogP contribution in [0.15, 0.2) is 58.4 Å². The average molecular weight is 463 g/mol. The molecule has 2 aromatic rings. The number of halogens is 2. The molecule has 0 atom stereocenters. The summed E-state index contributed by atoms with van der Waals surface area (Å²) in [5.41, 5.74) is 3.27. The van der Waals surface area contributed by atoms with E-state index in [1.165, 1.54) is 9.91 Å². The van der Waals surface area contributed by atoms with Gasteiger partial charge in [-0.05, 0) is 24.3 Å². The summed E-state index contributed by atoms with van der Waals surface area (Å²) >= 11 is 0. The Balaban J connectivity index is 1.43. The van der Waals surface area contributed by atoms with Gasteiger partial charge in [-0.25, -0.2) is 22.2 Å². The number of benzene rings is 2. The Morgan fingerprint density at radius 1 is 1.00 bits per heavy atom. The standard InChI is InChI=1S/C20H19F2N5O4S/c21-14-6-7-17(16(22)12-14)32(30,31)26-10-8-25(9-11-26)20(29)19-23-13-18(28)27(24-19)15-4-2-1-3-5-15/h1-7,12H,8-11,13H2,(H,23,24). The second-order valence-corrected chi connectivity index (χ2v) is 9.02. The maximum Gasteiger partial charge on any atom is 0.290 e. The lowest BCUT2D eigenvalue weighted by atomic mass is 10.3. The van der Waals surface area contributed by atoms with Gasteiger partial charge in [0.25, 0.3) is 11.8 Å². The number of amides is 2. The Bertz CT molecular complexity index is 1180. The number of nitrogens with zero attached hydrogens (tertiary/aromatic N) is 4. The van der Waals surface area contributed by atoms with E-state index < -0.39 is 32.5 Å². The molecule has 1 fully saturated rings. The molecule has 0 aromatic heterocycles. The lowest BCUT2D eigenvalue weighted by Crippen LogP contribution is -2.59. The topological polar surface area (TPSA) is 102 Å². The van der Waals surface area contributed by atoms with Crippen LogP contribution in [0.25, 0.3) is 0 Å². The van der Waals surface area contributed by atoms with Crippen LogP contribution in [0.5, 0.6) is 0 Å². The third-order valence-electron chi connectivity index (χ3n) is 5.09. The van der Waals surface area contributed by atoms with Crippen molar-refractivity contribution in [2.45, 2.75) is 4.90 Å². The van der Waals surface area contributed by atoms with E-state index >= 15 is 0 Å². The van der Waals surface area contributed by atoms with Crippen LogP contribution in [0, 0.1) is 11.6 Å². The Morgan fingerprint density at radius 2 is 1.69 bits per heavy atom. The number of amidine groups is 1. The third kappa shape index (κ3) is 4.18. The Kier molecular flexibility index (Phi) is 5.89. The molecule has 1 saturated heterocycles. The van der Waals surface area contributed by atoms with Crippen molar-refractivity contribution in [3.05, 3.63) is 60.2 Å². The predicted molar refractivity (Wildman–Crippen MR) is 111 cm³/mol. The van der Waals surface area contributed by atoms with E-state index in [9.17, 15) is 26.8 Å². The normalized spacial score (nSPS) is 17.7. The van der Waals surface area contributed by atoms with Crippen molar-refractivity contribution in [1.29, 1.82) is 0 Å². The van der Waals surface area contributed by atoms with E-state index in [-0.39, 0.29) is 44.5 Å². The van der Waals surface area contributed by atoms with Gasteiger partial charge in [0.1, 0.15) is 23.1 Å². The Hall–Kier alpha value is -3.38. The fourth-order valence-electron chi connectivity index (χ4n) is 3.43. The molecule has 0 spiro atoms. The van der Waals surface area contributed by atoms with Crippen LogP contribution < -0.4 is 10.4 Å². The SMILES string of the molecule is O=C(C1=NCC(=O)N(c2ccccc2)N1)N1CCN(S(=O)(=O)c2ccc(F)cc2F)CC1. The molecule has 2 aliphatic rings. The molecule has 2 aliphatic heterocycles. The molecule has 168 valence electrons. The Labute approximate surface area is 183 Å². The van der Waals surface area contributed by atoms with E-state index in [1.807, 2.05) is 0 Å². The zero-order valence-corrected chi connectivity index (χ0v) is 17.6. The van der Waals surface area contributed by atoms with Gasteiger partial charge < -0.3 is 4.90 Å². The van der Waals surface area contributed by atoms with Gasteiger partial charge in [-0.2, -0.15) is 4.31 Å². The van der Waals surface area contributed by atoms with Gasteiger partial charge in [-0.1, -0.05) is 18.2 Å². The molecule has 4 rings (SSSR count). The molecule has 2 aromatic carbocycles. The molecule has 2 amide bonds. The minimum absolute atomic E-state index is 0.0330. The largest absolute Gasteiger partial charge is 0.333 e. The average Bonchev–Trinajstić information content (AvgIpc) is 2.79. The number of nitrogens with one attached hydrogen (secondary N) is 1. The van der Waals surface area contributed by atoms with E-state index in [2.05, 4.69) is 10.4 Å². The summed E-state index contributed by atoms with van der Waals surface area (Å²) in [6.07, 6.45) is 0. The number of aliphatic imine (C=N–C) groups is 1. The first-order valence-electron chi connectivity index (χ1n) is 9.71. The number of sulfonamides is 1. The molecule has 1 N–H and O–H groups in total. The molecular weight excluding hydrogens is 444 g/mol. The summed E-state index contributed by atoms with van der Waals surface area (Å²) in [5, 5.41) is 1.23. The lowest BCUT2D eigenvalue weighted by molar-refractivity contribution is -0.125. The fourth-order valence-corrected chi connectivity index (χ4v) is 4.89. The zero-order chi connectivity index (χ0) is 22.9. The highest BCUT2D eigenvalue weighted by molar-refractivity contribution is 7.89. The van der Waals surface area contributed by atoms with Crippen LogP contribution in [-0.2, 0) is 19.6 Å². The summed E-state index contributed by atoms with van der Waals surface area (Å²) in [6.45, 7) is -0.262. The van der Waals surface area contributed by atoms with E-state index in [0.29, 0.717) is 11.8 Å². The number of hydrazine groups is 1. The Morgan fingerprint density at radius 3 is 2.34 bits per heavy atom. The number of hydrogen-bond acceptors (Lipinski definition) is 6. The molecule has 0 saturated carbocycles. The van der Waals surface area contributed by atoms with Crippen molar-refractivity contribution in [3.63, 3.8) is 0 Å². The van der Waals surface area contributed by atoms with E-state index in [0.717, 1.165) is 16.4 Å². The quantitative estimate of drug-likeness (QED) is 0.721. The van der Waals surface area contributed by atoms with Crippen LogP contribution in [0.1, 0.15) is 0 Å². The van der Waals surface area contributed by atoms with Gasteiger partial charge in [-0.15, -0.1) is 0 Å². The summed E-state index contributed by atoms with van der Waals surface area (Å²) in [7, 11) is -4.18. The summed E-state index contributed by atoms with van der Waals surface area (Å²) in [6, 6.07) is 11.0. The highest BCUT2D eigenvalue weighted by Crippen LogP contribution is 2.22. The van der Waals surface area contributed by atoms with Gasteiger partial charge in [0.2, 0.25) is 15.9 Å². The minimum atomic E-state index is -4.18. The van der Waals surface area contributed by atoms with Crippen LogP contribution in [0.3, 0.4) is 0 Å². The molecular formula is C20H19F2N5O4S. The predicted octanol–water partition coefficient (Wildman–Crippen LogP) is 0.748. The van der Waals surface area contributed by atoms with Crippen molar-refractivity contribution in [1.82, 2.24) is 14.6 Å². The van der Waals surface area contributed by atoms with Gasteiger partial charge in [0, 0.05) is 32.2 Å². The third-order valence-corrected chi connectivity index (χ3v) is 7.03. The number of carbonyl (C=O) groups excluding carboxylic acids is 2. The number of hydrogen-bond donors (Lipinski definition) is 1. The van der Waals surface area contributed by atoms with Crippen molar-refractivity contribution in [2.24, 2.45) is 4.99 Å². The second kappa shape index (κ2) is 8.63. The van der Waals surface area contributed by atoms with E-state index in [4.69, 9.17) is 0 Å². The number of anilines is 1. The summed E-state index contributed by atoms with van der Waals surface area (Å²) < 4.78 is 53.6. The van der Waals surface area contributed by atoms with Crippen molar-refractivity contribution in [2.75, 3.05) is 37.7 Å². The molecule has 9 nitrogen and oxygen atoms in total. The van der Waals surface area contributed by atoms with Gasteiger partial charge in [-0.3, -0.25) is 20.0 Å². The smallest absolute Gasteiger partial charge is 0.290 e. The lowest BCUT2D eigenvalue weighted by Gasteiger charge is -2.35.